The van der Waals surface area contributed by atoms with Crippen LogP contribution in [0.1, 0.15) is 170 Å². The van der Waals surface area contributed by atoms with Crippen LogP contribution < -0.4 is 16.4 Å². The minimum atomic E-state index is -1.16. The largest absolute Gasteiger partial charge is 0.480 e. The van der Waals surface area contributed by atoms with Crippen LogP contribution in [0.3, 0.4) is 0 Å². The average Bonchev–Trinajstić information content (AvgIpc) is 3.49. The standard InChI is InChI=1S/C44H75N3O6/c1-28(2)29-19-24-44(39(53)46-27-13-11-9-8-10-12-14-36(50)47-31(38(51)52)16-18-35(45)49)26-25-42(6)30(37(29)44)15-17-33-41(5)22-21-34(48)40(3,4)32(41)20-23-43(33,42)7/h28-34,37,48H,8-27H2,1-7H3,(H2,45,49)(H,46,53)(H,47,50)(H,51,52)/t29-,30+,31-,32-,33+,34-,37+,41-,42+,43+,44-/m0/s1. The first-order valence-electron chi connectivity index (χ1n) is 21.6. The van der Waals surface area contributed by atoms with Crippen molar-refractivity contribution in [1.29, 1.82) is 0 Å². The first-order chi connectivity index (χ1) is 24.8. The van der Waals surface area contributed by atoms with Crippen LogP contribution in [-0.2, 0) is 19.2 Å². The molecule has 0 saturated heterocycles. The lowest BCUT2D eigenvalue weighted by molar-refractivity contribution is -0.248. The Balaban J connectivity index is 1.13. The molecular weight excluding hydrogens is 666 g/mol. The number of aliphatic hydroxyl groups is 1. The number of nitrogens with two attached hydrogens (primary N) is 1. The number of carbonyl (C=O) groups is 4. The maximum atomic E-state index is 14.5. The molecule has 0 aromatic carbocycles. The van der Waals surface area contributed by atoms with Gasteiger partial charge in [0.15, 0.2) is 0 Å². The van der Waals surface area contributed by atoms with E-state index >= 15 is 0 Å². The zero-order valence-corrected chi connectivity index (χ0v) is 34.4. The van der Waals surface area contributed by atoms with Gasteiger partial charge in [0.05, 0.1) is 11.5 Å². The number of nitrogens with one attached hydrogen (secondary N) is 2. The van der Waals surface area contributed by atoms with Gasteiger partial charge in [-0.05, 0) is 141 Å². The molecule has 0 aliphatic heterocycles. The highest BCUT2D eigenvalue weighted by Crippen LogP contribution is 2.77. The Bertz CT molecular complexity index is 1350. The fourth-order valence-corrected chi connectivity index (χ4v) is 14.1. The van der Waals surface area contributed by atoms with Crippen molar-refractivity contribution in [1.82, 2.24) is 10.6 Å². The van der Waals surface area contributed by atoms with Gasteiger partial charge in [0.25, 0.3) is 0 Å². The van der Waals surface area contributed by atoms with Crippen molar-refractivity contribution in [3.63, 3.8) is 0 Å². The molecule has 0 aromatic heterocycles. The van der Waals surface area contributed by atoms with Gasteiger partial charge in [-0.25, -0.2) is 4.79 Å². The van der Waals surface area contributed by atoms with Crippen molar-refractivity contribution in [2.24, 2.45) is 68.3 Å². The summed E-state index contributed by atoms with van der Waals surface area (Å²) >= 11 is 0. The second-order valence-electron chi connectivity index (χ2n) is 20.3. The number of primary amides is 1. The number of hydrogen-bond donors (Lipinski definition) is 5. The van der Waals surface area contributed by atoms with E-state index in [1.54, 1.807) is 0 Å². The SMILES string of the molecule is CC(C)[C@@H]1CC[C@]2(C(=O)NCCCCCCCCC(=O)N[C@@H](CCC(N)=O)C(=O)O)CC[C@]3(C)[C@H](CC[C@@H]4[C@@]5(C)CC[C@H](O)C(C)(C)[C@@H]5CC[C@]43C)[C@@H]12. The van der Waals surface area contributed by atoms with E-state index in [0.717, 1.165) is 70.6 Å². The van der Waals surface area contributed by atoms with Crippen LogP contribution in [0.25, 0.3) is 0 Å². The predicted octanol–water partition coefficient (Wildman–Crippen LogP) is 7.77. The van der Waals surface area contributed by atoms with Crippen molar-refractivity contribution in [3.05, 3.63) is 0 Å². The number of carboxylic acids is 1. The van der Waals surface area contributed by atoms with E-state index in [-0.39, 0.29) is 58.3 Å². The molecule has 302 valence electrons. The molecule has 0 heterocycles. The van der Waals surface area contributed by atoms with Gasteiger partial charge in [-0.15, -0.1) is 0 Å². The fourth-order valence-electron chi connectivity index (χ4n) is 14.1. The normalized spacial score (nSPS) is 39.2. The molecule has 5 aliphatic carbocycles. The molecule has 6 N–H and O–H groups in total. The van der Waals surface area contributed by atoms with Crippen LogP contribution in [0.4, 0.5) is 0 Å². The zero-order valence-electron chi connectivity index (χ0n) is 34.4. The van der Waals surface area contributed by atoms with Gasteiger partial charge in [0.1, 0.15) is 6.04 Å². The van der Waals surface area contributed by atoms with Gasteiger partial charge in [0, 0.05) is 19.4 Å². The molecular formula is C44H75N3O6. The lowest BCUT2D eigenvalue weighted by Crippen LogP contribution is -2.67. The van der Waals surface area contributed by atoms with Gasteiger partial charge in [-0.2, -0.15) is 0 Å². The molecule has 9 heteroatoms. The molecule has 5 fully saturated rings. The van der Waals surface area contributed by atoms with Gasteiger partial charge >= 0.3 is 5.97 Å². The third-order valence-electron chi connectivity index (χ3n) is 17.2. The molecule has 11 atom stereocenters. The first-order valence-corrected chi connectivity index (χ1v) is 21.6. The smallest absolute Gasteiger partial charge is 0.326 e. The van der Waals surface area contributed by atoms with Crippen LogP contribution in [0.5, 0.6) is 0 Å². The number of amides is 3. The molecule has 3 amide bonds. The molecule has 0 bridgehead atoms. The molecule has 0 aromatic rings. The van der Waals surface area contributed by atoms with Crippen molar-refractivity contribution >= 4 is 23.7 Å². The van der Waals surface area contributed by atoms with Gasteiger partial charge in [-0.3, -0.25) is 14.4 Å². The van der Waals surface area contributed by atoms with E-state index in [2.05, 4.69) is 59.1 Å². The van der Waals surface area contributed by atoms with Gasteiger partial charge in [-0.1, -0.05) is 74.1 Å². The number of aliphatic hydroxyl groups excluding tert-OH is 1. The molecule has 0 spiro atoms. The van der Waals surface area contributed by atoms with Crippen molar-refractivity contribution < 1.29 is 29.4 Å². The summed E-state index contributed by atoms with van der Waals surface area (Å²) in [6.07, 6.45) is 16.9. The van der Waals surface area contributed by atoms with Gasteiger partial charge < -0.3 is 26.6 Å². The number of carbonyl (C=O) groups excluding carboxylic acids is 3. The first kappa shape index (κ1) is 42.0. The van der Waals surface area contributed by atoms with Crippen LogP contribution in [0.15, 0.2) is 0 Å². The fraction of sp³-hybridized carbons (Fsp3) is 0.909. The maximum absolute atomic E-state index is 14.5. The summed E-state index contributed by atoms with van der Waals surface area (Å²) in [5.41, 5.74) is 5.56. The summed E-state index contributed by atoms with van der Waals surface area (Å²) in [5.74, 6) is 1.68. The van der Waals surface area contributed by atoms with Crippen LogP contribution >= 0.6 is 0 Å². The molecule has 5 rings (SSSR count). The highest BCUT2D eigenvalue weighted by molar-refractivity contribution is 5.84. The van der Waals surface area contributed by atoms with E-state index in [1.807, 2.05) is 0 Å². The van der Waals surface area contributed by atoms with E-state index < -0.39 is 17.9 Å². The zero-order chi connectivity index (χ0) is 39.0. The Labute approximate surface area is 320 Å². The number of unbranched alkanes of at least 4 members (excludes halogenated alkanes) is 5. The van der Waals surface area contributed by atoms with E-state index in [0.29, 0.717) is 54.4 Å². The second-order valence-corrected chi connectivity index (χ2v) is 20.3. The third kappa shape index (κ3) is 7.68. The van der Waals surface area contributed by atoms with Crippen molar-refractivity contribution in [3.8, 4) is 0 Å². The van der Waals surface area contributed by atoms with E-state index in [4.69, 9.17) is 5.73 Å². The summed E-state index contributed by atoms with van der Waals surface area (Å²) in [5, 5.41) is 26.4. The highest BCUT2D eigenvalue weighted by Gasteiger charge is 2.71. The van der Waals surface area contributed by atoms with Crippen LogP contribution in [0.2, 0.25) is 0 Å². The Morgan fingerprint density at radius 2 is 1.43 bits per heavy atom. The summed E-state index contributed by atoms with van der Waals surface area (Å²) in [6, 6.07) is -1.09. The molecule has 9 nitrogen and oxygen atoms in total. The monoisotopic (exact) mass is 742 g/mol. The predicted molar refractivity (Wildman–Crippen MR) is 208 cm³/mol. The Morgan fingerprint density at radius 1 is 0.755 bits per heavy atom. The second kappa shape index (κ2) is 16.1. The molecule has 0 radical (unpaired) electrons. The van der Waals surface area contributed by atoms with E-state index in [1.165, 1.54) is 25.7 Å². The van der Waals surface area contributed by atoms with Crippen LogP contribution in [-0.4, -0.2) is 52.6 Å². The van der Waals surface area contributed by atoms with Gasteiger partial charge in [0.2, 0.25) is 17.7 Å². The maximum Gasteiger partial charge on any atom is 0.326 e. The number of aliphatic carboxylic acids is 1. The summed E-state index contributed by atoms with van der Waals surface area (Å²) in [6.45, 7) is 18.1. The number of hydrogen-bond acceptors (Lipinski definition) is 5. The Kier molecular flexibility index (Phi) is 12.8. The summed E-state index contributed by atoms with van der Waals surface area (Å²) < 4.78 is 0. The third-order valence-corrected chi connectivity index (χ3v) is 17.2. The summed E-state index contributed by atoms with van der Waals surface area (Å²) in [7, 11) is 0. The van der Waals surface area contributed by atoms with Crippen LogP contribution in [0, 0.1) is 62.6 Å². The molecule has 53 heavy (non-hydrogen) atoms. The average molecular weight is 742 g/mol. The quantitative estimate of drug-likeness (QED) is 0.102. The highest BCUT2D eigenvalue weighted by atomic mass is 16.4. The minimum absolute atomic E-state index is 0.00150. The van der Waals surface area contributed by atoms with E-state index in [9.17, 15) is 29.4 Å². The molecule has 5 saturated carbocycles. The summed E-state index contributed by atoms with van der Waals surface area (Å²) in [4.78, 5) is 49.1. The number of carboxylic acid groups (broad SMARTS) is 1. The lowest BCUT2D eigenvalue weighted by Gasteiger charge is -2.73. The minimum Gasteiger partial charge on any atom is -0.480 e. The molecule has 5 aliphatic rings. The molecule has 0 unspecified atom stereocenters. The van der Waals surface area contributed by atoms with Crippen molar-refractivity contribution in [2.45, 2.75) is 183 Å². The Hall–Kier alpha value is -2.16. The van der Waals surface area contributed by atoms with Crippen molar-refractivity contribution in [2.75, 3.05) is 6.54 Å². The number of fused-ring (bicyclic) bond motifs is 7. The lowest BCUT2D eigenvalue weighted by atomic mass is 9.32. The Morgan fingerprint density at radius 3 is 2.09 bits per heavy atom. The topological polar surface area (TPSA) is 159 Å². The number of rotatable bonds is 16.